The Hall–Kier alpha value is -6.45. The van der Waals surface area contributed by atoms with Crippen molar-refractivity contribution in [2.45, 2.75) is 6.17 Å². The number of hydrogen-bond acceptors (Lipinski definition) is 2. The monoisotopic (exact) mass is 627 g/mol. The summed E-state index contributed by atoms with van der Waals surface area (Å²) in [5.41, 5.74) is 13.7. The number of para-hydroxylation sites is 1. The molecule has 0 aliphatic carbocycles. The van der Waals surface area contributed by atoms with Crippen LogP contribution in [-0.4, -0.2) is 10.3 Å². The first kappa shape index (κ1) is 28.7. The number of benzene rings is 7. The van der Waals surface area contributed by atoms with E-state index in [0.29, 0.717) is 0 Å². The first-order valence-electron chi connectivity index (χ1n) is 16.8. The van der Waals surface area contributed by atoms with Gasteiger partial charge in [0.2, 0.25) is 0 Å². The van der Waals surface area contributed by atoms with Crippen molar-refractivity contribution in [3.63, 3.8) is 0 Å². The Kier molecular flexibility index (Phi) is 7.21. The third kappa shape index (κ3) is 5.32. The van der Waals surface area contributed by atoms with Gasteiger partial charge < -0.3 is 9.88 Å². The molecule has 1 aliphatic rings. The van der Waals surface area contributed by atoms with Crippen molar-refractivity contribution < 1.29 is 0 Å². The molecule has 0 amide bonds. The normalized spacial score (nSPS) is 14.3. The predicted octanol–water partition coefficient (Wildman–Crippen LogP) is 11.2. The molecule has 0 saturated heterocycles. The van der Waals surface area contributed by atoms with Gasteiger partial charge in [0.25, 0.3) is 0 Å². The van der Waals surface area contributed by atoms with Crippen LogP contribution in [0.1, 0.15) is 22.9 Å². The molecular weight excluding hydrogens is 595 g/mol. The van der Waals surface area contributed by atoms with Crippen LogP contribution in [0.2, 0.25) is 0 Å². The largest absolute Gasteiger partial charge is 0.360 e. The van der Waals surface area contributed by atoms with E-state index in [0.717, 1.165) is 33.8 Å². The van der Waals surface area contributed by atoms with E-state index in [1.54, 1.807) is 0 Å². The van der Waals surface area contributed by atoms with Gasteiger partial charge in [-0.25, -0.2) is 0 Å². The molecule has 2 heterocycles. The maximum Gasteiger partial charge on any atom is 0.145 e. The Labute approximate surface area is 286 Å². The van der Waals surface area contributed by atoms with Gasteiger partial charge in [-0.15, -0.1) is 0 Å². The fourth-order valence-corrected chi connectivity index (χ4v) is 7.10. The minimum Gasteiger partial charge on any atom is -0.360 e. The molecule has 1 atom stereocenters. The molecule has 1 N–H and O–H groups in total. The lowest BCUT2D eigenvalue weighted by Gasteiger charge is -2.25. The molecule has 1 aliphatic heterocycles. The lowest BCUT2D eigenvalue weighted by Crippen LogP contribution is -2.24. The topological polar surface area (TPSA) is 29.3 Å². The van der Waals surface area contributed by atoms with Crippen molar-refractivity contribution in [2.24, 2.45) is 4.99 Å². The summed E-state index contributed by atoms with van der Waals surface area (Å²) in [5, 5.41) is 6.14. The number of rotatable bonds is 6. The van der Waals surface area contributed by atoms with E-state index >= 15 is 0 Å². The molecule has 3 nitrogen and oxygen atoms in total. The molecule has 7 aromatic carbocycles. The number of allylic oxidation sites excluding steroid dienone is 1. The van der Waals surface area contributed by atoms with Crippen molar-refractivity contribution in [1.29, 1.82) is 0 Å². The third-order valence-corrected chi connectivity index (χ3v) is 9.44. The highest BCUT2D eigenvalue weighted by molar-refractivity contribution is 6.14. The molecule has 0 bridgehead atoms. The fraction of sp³-hybridized carbons (Fsp3) is 0.0217. The van der Waals surface area contributed by atoms with Gasteiger partial charge in [0.1, 0.15) is 6.17 Å². The zero-order chi connectivity index (χ0) is 32.6. The molecule has 232 valence electrons. The van der Waals surface area contributed by atoms with E-state index in [1.165, 1.54) is 44.1 Å². The van der Waals surface area contributed by atoms with E-state index in [2.05, 4.69) is 192 Å². The minimum absolute atomic E-state index is 0.189. The summed E-state index contributed by atoms with van der Waals surface area (Å²) in [6.45, 7) is 0. The van der Waals surface area contributed by atoms with Gasteiger partial charge >= 0.3 is 0 Å². The zero-order valence-electron chi connectivity index (χ0n) is 26.9. The van der Waals surface area contributed by atoms with Crippen LogP contribution in [0.3, 0.4) is 0 Å². The predicted molar refractivity (Wildman–Crippen MR) is 205 cm³/mol. The number of nitrogens with zero attached hydrogens (tertiary/aromatic N) is 2. The van der Waals surface area contributed by atoms with E-state index < -0.39 is 0 Å². The van der Waals surface area contributed by atoms with Crippen molar-refractivity contribution in [3.05, 3.63) is 205 Å². The Morgan fingerprint density at radius 1 is 0.449 bits per heavy atom. The summed E-state index contributed by atoms with van der Waals surface area (Å²) in [6.07, 6.45) is 1.99. The van der Waals surface area contributed by atoms with Gasteiger partial charge in [0, 0.05) is 27.7 Å². The van der Waals surface area contributed by atoms with Crippen LogP contribution in [0.25, 0.3) is 55.4 Å². The second-order valence-electron chi connectivity index (χ2n) is 12.4. The summed E-state index contributed by atoms with van der Waals surface area (Å²) < 4.78 is 2.39. The first-order valence-corrected chi connectivity index (χ1v) is 16.8. The second kappa shape index (κ2) is 12.3. The smallest absolute Gasteiger partial charge is 0.145 e. The molecule has 1 aromatic heterocycles. The van der Waals surface area contributed by atoms with Crippen molar-refractivity contribution >= 4 is 33.2 Å². The number of aliphatic imine (C=N–C) groups is 1. The summed E-state index contributed by atoms with van der Waals surface area (Å²) in [5.74, 6) is 0. The standard InChI is InChI=1S/C46H33N3/c1-4-15-32(16-5-1)38-23-10-11-24-39(38)35-27-28-45-41(30-35)40-25-12-13-26-44(40)49(45)37-22-14-21-36(29-37)43-31-42(33-17-6-2-7-18-33)47-46(48-43)34-19-8-3-9-20-34/h1-31,46-47H. The SMILES string of the molecule is C1=C(c2ccccc2)NC(c2ccccc2)N=C1c1cccc(-n2c3ccccc3c3cc(-c4ccccc4-c4ccccc4)ccc32)c1. The minimum atomic E-state index is -0.189. The fourth-order valence-electron chi connectivity index (χ4n) is 7.10. The van der Waals surface area contributed by atoms with Gasteiger partial charge in [-0.1, -0.05) is 152 Å². The van der Waals surface area contributed by atoms with Gasteiger partial charge in [0.05, 0.1) is 16.7 Å². The average molecular weight is 628 g/mol. The highest BCUT2D eigenvalue weighted by Gasteiger charge is 2.20. The number of fused-ring (bicyclic) bond motifs is 3. The molecule has 49 heavy (non-hydrogen) atoms. The molecule has 0 radical (unpaired) electrons. The van der Waals surface area contributed by atoms with Crippen LogP contribution in [0.5, 0.6) is 0 Å². The molecule has 0 saturated carbocycles. The summed E-state index contributed by atoms with van der Waals surface area (Å²) in [4.78, 5) is 5.24. The summed E-state index contributed by atoms with van der Waals surface area (Å²) in [7, 11) is 0. The average Bonchev–Trinajstić information content (AvgIpc) is 3.52. The lowest BCUT2D eigenvalue weighted by atomic mass is 9.94. The van der Waals surface area contributed by atoms with Crippen molar-refractivity contribution in [1.82, 2.24) is 9.88 Å². The van der Waals surface area contributed by atoms with Crippen LogP contribution >= 0.6 is 0 Å². The van der Waals surface area contributed by atoms with E-state index in [1.807, 2.05) is 6.07 Å². The van der Waals surface area contributed by atoms with Crippen LogP contribution in [-0.2, 0) is 0 Å². The van der Waals surface area contributed by atoms with Gasteiger partial charge in [0.15, 0.2) is 0 Å². The Morgan fingerprint density at radius 3 is 1.84 bits per heavy atom. The van der Waals surface area contributed by atoms with Crippen LogP contribution in [0.15, 0.2) is 193 Å². The van der Waals surface area contributed by atoms with E-state index in [-0.39, 0.29) is 6.17 Å². The first-order chi connectivity index (χ1) is 24.3. The van der Waals surface area contributed by atoms with E-state index in [4.69, 9.17) is 4.99 Å². The molecule has 1 unspecified atom stereocenters. The van der Waals surface area contributed by atoms with Crippen LogP contribution in [0.4, 0.5) is 0 Å². The number of nitrogens with one attached hydrogen (secondary N) is 1. The third-order valence-electron chi connectivity index (χ3n) is 9.44. The number of aromatic nitrogens is 1. The molecule has 0 fully saturated rings. The summed E-state index contributed by atoms with van der Waals surface area (Å²) in [6, 6.07) is 64.7. The zero-order valence-corrected chi connectivity index (χ0v) is 26.9. The second-order valence-corrected chi connectivity index (χ2v) is 12.4. The maximum atomic E-state index is 5.24. The van der Waals surface area contributed by atoms with Gasteiger partial charge in [-0.05, 0) is 69.8 Å². The Bertz CT molecular complexity index is 2510. The maximum absolute atomic E-state index is 5.24. The Balaban J connectivity index is 1.18. The Morgan fingerprint density at radius 2 is 1.06 bits per heavy atom. The van der Waals surface area contributed by atoms with Crippen LogP contribution in [0, 0.1) is 0 Å². The van der Waals surface area contributed by atoms with Crippen molar-refractivity contribution in [3.8, 4) is 27.9 Å². The molecule has 0 spiro atoms. The quantitative estimate of drug-likeness (QED) is 0.195. The van der Waals surface area contributed by atoms with Gasteiger partial charge in [-0.2, -0.15) is 0 Å². The lowest BCUT2D eigenvalue weighted by molar-refractivity contribution is 0.664. The molecule has 3 heteroatoms. The molecule has 9 rings (SSSR count). The highest BCUT2D eigenvalue weighted by atomic mass is 15.1. The van der Waals surface area contributed by atoms with Gasteiger partial charge in [-0.3, -0.25) is 4.99 Å². The summed E-state index contributed by atoms with van der Waals surface area (Å²) >= 11 is 0. The van der Waals surface area contributed by atoms with Crippen molar-refractivity contribution in [2.75, 3.05) is 0 Å². The van der Waals surface area contributed by atoms with Crippen LogP contribution < -0.4 is 5.32 Å². The van der Waals surface area contributed by atoms with E-state index in [9.17, 15) is 0 Å². The molecule has 8 aromatic rings. The molecular formula is C46H33N3. The highest BCUT2D eigenvalue weighted by Crippen LogP contribution is 2.38. The number of hydrogen-bond donors (Lipinski definition) is 1.